The first kappa shape index (κ1) is 20.2. The van der Waals surface area contributed by atoms with Gasteiger partial charge in [0.25, 0.3) is 11.3 Å². The minimum absolute atomic E-state index is 0.00129. The van der Waals surface area contributed by atoms with E-state index in [-0.39, 0.29) is 17.2 Å². The Kier molecular flexibility index (Phi) is 5.92. The largest absolute Gasteiger partial charge is 0.392 e. The van der Waals surface area contributed by atoms with Gasteiger partial charge in [-0.2, -0.15) is 0 Å². The van der Waals surface area contributed by atoms with E-state index in [1.54, 1.807) is 36.4 Å². The molecule has 9 heteroatoms. The number of anilines is 2. The molecule has 1 unspecified atom stereocenters. The van der Waals surface area contributed by atoms with Crippen molar-refractivity contribution < 1.29 is 22.3 Å². The highest BCUT2D eigenvalue weighted by atomic mass is 32.2. The highest BCUT2D eigenvalue weighted by molar-refractivity contribution is 7.89. The van der Waals surface area contributed by atoms with Crippen molar-refractivity contribution >= 4 is 32.7 Å². The highest BCUT2D eigenvalue weighted by Crippen LogP contribution is 2.34. The molecule has 0 aliphatic carbocycles. The van der Waals surface area contributed by atoms with E-state index >= 15 is 0 Å². The number of benzene rings is 3. The van der Waals surface area contributed by atoms with Gasteiger partial charge in [0.2, 0.25) is 10.0 Å². The van der Waals surface area contributed by atoms with Gasteiger partial charge in [0.05, 0.1) is 18.0 Å². The Bertz CT molecular complexity index is 1120. The van der Waals surface area contributed by atoms with Crippen LogP contribution in [0.1, 0.15) is 5.56 Å². The number of hydrogen-bond acceptors (Lipinski definition) is 4. The summed E-state index contributed by atoms with van der Waals surface area (Å²) in [5.41, 5.74) is 2.67. The van der Waals surface area contributed by atoms with Gasteiger partial charge in [0, 0.05) is 0 Å². The molecule has 0 radical (unpaired) electrons. The Labute approximate surface area is 165 Å². The maximum atomic E-state index is 12.1. The Balaban J connectivity index is 2.11. The van der Waals surface area contributed by atoms with Crippen LogP contribution in [0.4, 0.5) is 11.4 Å². The van der Waals surface area contributed by atoms with E-state index < -0.39 is 21.3 Å². The van der Waals surface area contributed by atoms with Crippen LogP contribution in [-0.4, -0.2) is 22.3 Å². The summed E-state index contributed by atoms with van der Waals surface area (Å²) in [6, 6.07) is 19.7. The van der Waals surface area contributed by atoms with Crippen molar-refractivity contribution in [2.75, 3.05) is 4.31 Å². The van der Waals surface area contributed by atoms with E-state index in [1.807, 2.05) is 18.2 Å². The standard InChI is InChI=1S/C19H18N2O5S2/c20-28(25,26)19-7-2-1-6-18(19)21(27(23)24)17-5-3-4-16(12-17)15-10-8-14(13-22)9-11-15/h1-12,22H,13H2,(H,23,24)(H2,20,25,26). The van der Waals surface area contributed by atoms with Crippen LogP contribution >= 0.6 is 0 Å². The number of primary sulfonamides is 1. The summed E-state index contributed by atoms with van der Waals surface area (Å²) in [5.74, 6) is 0. The summed E-state index contributed by atoms with van der Waals surface area (Å²) in [6.07, 6.45) is 0. The zero-order chi connectivity index (χ0) is 20.3. The number of nitrogens with zero attached hydrogens (tertiary/aromatic N) is 1. The smallest absolute Gasteiger partial charge is 0.266 e. The molecule has 0 spiro atoms. The molecule has 0 amide bonds. The first-order chi connectivity index (χ1) is 13.3. The Morgan fingerprint density at radius 2 is 1.61 bits per heavy atom. The third kappa shape index (κ3) is 4.29. The van der Waals surface area contributed by atoms with Crippen LogP contribution < -0.4 is 9.44 Å². The lowest BCUT2D eigenvalue weighted by Gasteiger charge is -2.22. The van der Waals surface area contributed by atoms with Crippen LogP contribution in [-0.2, 0) is 27.9 Å². The van der Waals surface area contributed by atoms with Crippen molar-refractivity contribution in [3.8, 4) is 11.1 Å². The molecule has 0 saturated carbocycles. The molecular formula is C19H18N2O5S2. The van der Waals surface area contributed by atoms with Gasteiger partial charge < -0.3 is 5.11 Å². The van der Waals surface area contributed by atoms with Crippen LogP contribution in [0.3, 0.4) is 0 Å². The van der Waals surface area contributed by atoms with Crippen LogP contribution in [0.15, 0.2) is 77.7 Å². The molecule has 0 aliphatic rings. The Morgan fingerprint density at radius 3 is 2.21 bits per heavy atom. The zero-order valence-electron chi connectivity index (χ0n) is 14.6. The number of rotatable bonds is 6. The normalized spacial score (nSPS) is 12.5. The van der Waals surface area contributed by atoms with E-state index in [4.69, 9.17) is 10.2 Å². The second kappa shape index (κ2) is 8.21. The molecule has 3 rings (SSSR count). The molecular weight excluding hydrogens is 400 g/mol. The molecule has 1 atom stereocenters. The van der Waals surface area contributed by atoms with Crippen LogP contribution in [0, 0.1) is 0 Å². The monoisotopic (exact) mass is 418 g/mol. The van der Waals surface area contributed by atoms with Gasteiger partial charge in [0.15, 0.2) is 0 Å². The lowest BCUT2D eigenvalue weighted by Crippen LogP contribution is -2.23. The van der Waals surface area contributed by atoms with Crippen molar-refractivity contribution in [3.63, 3.8) is 0 Å². The zero-order valence-corrected chi connectivity index (χ0v) is 16.2. The summed E-state index contributed by atoms with van der Waals surface area (Å²) in [6.45, 7) is -0.0675. The molecule has 0 heterocycles. The fourth-order valence-electron chi connectivity index (χ4n) is 2.79. The fraction of sp³-hybridized carbons (Fsp3) is 0.0526. The molecule has 28 heavy (non-hydrogen) atoms. The second-order valence-corrected chi connectivity index (χ2v) is 8.30. The van der Waals surface area contributed by atoms with Crippen molar-refractivity contribution in [1.29, 1.82) is 0 Å². The van der Waals surface area contributed by atoms with Crippen LogP contribution in [0.25, 0.3) is 11.1 Å². The van der Waals surface area contributed by atoms with Crippen LogP contribution in [0.2, 0.25) is 0 Å². The van der Waals surface area contributed by atoms with E-state index in [2.05, 4.69) is 0 Å². The van der Waals surface area contributed by atoms with E-state index in [0.29, 0.717) is 5.69 Å². The van der Waals surface area contributed by atoms with Crippen LogP contribution in [0.5, 0.6) is 0 Å². The van der Waals surface area contributed by atoms with Gasteiger partial charge in [0.1, 0.15) is 4.90 Å². The molecule has 7 nitrogen and oxygen atoms in total. The average molecular weight is 418 g/mol. The van der Waals surface area contributed by atoms with Gasteiger partial charge in [-0.3, -0.25) is 4.55 Å². The quantitative estimate of drug-likeness (QED) is 0.532. The molecule has 3 aromatic carbocycles. The minimum Gasteiger partial charge on any atom is -0.392 e. The molecule has 146 valence electrons. The number of aliphatic hydroxyl groups excluding tert-OH is 1. The van der Waals surface area contributed by atoms with E-state index in [9.17, 15) is 17.2 Å². The number of sulfonamides is 1. The lowest BCUT2D eigenvalue weighted by atomic mass is 10.0. The average Bonchev–Trinajstić information content (AvgIpc) is 2.68. The number of para-hydroxylation sites is 1. The van der Waals surface area contributed by atoms with Crippen molar-refractivity contribution in [2.45, 2.75) is 11.5 Å². The predicted octanol–water partition coefficient (Wildman–Crippen LogP) is 2.77. The summed E-state index contributed by atoms with van der Waals surface area (Å²) in [7, 11) is -4.10. The maximum Gasteiger partial charge on any atom is 0.266 e. The first-order valence-corrected chi connectivity index (χ1v) is 10.8. The summed E-state index contributed by atoms with van der Waals surface area (Å²) in [4.78, 5) is -0.255. The summed E-state index contributed by atoms with van der Waals surface area (Å²) in [5, 5.41) is 14.4. The Morgan fingerprint density at radius 1 is 0.929 bits per heavy atom. The van der Waals surface area contributed by atoms with Crippen molar-refractivity contribution in [1.82, 2.24) is 0 Å². The third-order valence-electron chi connectivity index (χ3n) is 4.10. The van der Waals surface area contributed by atoms with Crippen molar-refractivity contribution in [2.24, 2.45) is 5.14 Å². The van der Waals surface area contributed by atoms with Gasteiger partial charge in [-0.1, -0.05) is 48.5 Å². The van der Waals surface area contributed by atoms with E-state index in [0.717, 1.165) is 21.0 Å². The number of nitrogens with two attached hydrogens (primary N) is 1. The molecule has 4 N–H and O–H groups in total. The second-order valence-electron chi connectivity index (χ2n) is 5.94. The minimum atomic E-state index is -4.10. The molecule has 0 saturated heterocycles. The predicted molar refractivity (Wildman–Crippen MR) is 109 cm³/mol. The maximum absolute atomic E-state index is 12.1. The highest BCUT2D eigenvalue weighted by Gasteiger charge is 2.23. The molecule has 0 bridgehead atoms. The molecule has 0 fully saturated rings. The lowest BCUT2D eigenvalue weighted by molar-refractivity contribution is 0.282. The topological polar surface area (TPSA) is 121 Å². The summed E-state index contributed by atoms with van der Waals surface area (Å²) >= 11 is -2.54. The molecule has 0 aliphatic heterocycles. The number of aliphatic hydroxyl groups is 1. The SMILES string of the molecule is NS(=O)(=O)c1ccccc1N(c1cccc(-c2ccc(CO)cc2)c1)S(=O)O. The third-order valence-corrected chi connectivity index (χ3v) is 5.78. The fourth-order valence-corrected chi connectivity index (χ4v) is 4.19. The summed E-state index contributed by atoms with van der Waals surface area (Å²) < 4.78 is 46.8. The first-order valence-electron chi connectivity index (χ1n) is 8.14. The molecule has 3 aromatic rings. The van der Waals surface area contributed by atoms with Gasteiger partial charge >= 0.3 is 0 Å². The van der Waals surface area contributed by atoms with Crippen molar-refractivity contribution in [3.05, 3.63) is 78.4 Å². The van der Waals surface area contributed by atoms with Gasteiger partial charge in [-0.25, -0.2) is 22.1 Å². The van der Waals surface area contributed by atoms with Gasteiger partial charge in [-0.05, 0) is 41.0 Å². The molecule has 0 aromatic heterocycles. The van der Waals surface area contributed by atoms with Gasteiger partial charge in [-0.15, -0.1) is 0 Å². The number of hydrogen-bond donors (Lipinski definition) is 3. The van der Waals surface area contributed by atoms with E-state index in [1.165, 1.54) is 18.2 Å². The Hall–Kier alpha value is -2.56.